The highest BCUT2D eigenvalue weighted by Gasteiger charge is 2.33. The summed E-state index contributed by atoms with van der Waals surface area (Å²) < 4.78 is 18.9. The standard InChI is InChI=1S/C19H18ClNO2S/c1-19(2)17-14-10-13(24(22)12-6-4-3-5-7-12)11-15(20)18(14)23-16(17)8-9-21-19/h3-7,10-11,21H,8-9H2,1-2H3. The van der Waals surface area contributed by atoms with Crippen LogP contribution < -0.4 is 5.32 Å². The summed E-state index contributed by atoms with van der Waals surface area (Å²) in [4.78, 5) is 1.46. The van der Waals surface area contributed by atoms with Crippen molar-refractivity contribution in [3.8, 4) is 0 Å². The molecule has 2 heterocycles. The lowest BCUT2D eigenvalue weighted by atomic mass is 9.88. The van der Waals surface area contributed by atoms with Crippen LogP contribution in [0.1, 0.15) is 25.2 Å². The van der Waals surface area contributed by atoms with Crippen molar-refractivity contribution < 1.29 is 8.63 Å². The normalized spacial score (nSPS) is 17.6. The molecule has 0 saturated heterocycles. The molecule has 3 aromatic rings. The molecule has 124 valence electrons. The third-order valence-electron chi connectivity index (χ3n) is 4.51. The predicted octanol–water partition coefficient (Wildman–Crippen LogP) is 4.63. The number of furan rings is 1. The molecule has 1 aliphatic rings. The third-order valence-corrected chi connectivity index (χ3v) is 6.15. The number of halogens is 1. The molecule has 0 radical (unpaired) electrons. The van der Waals surface area contributed by atoms with Crippen LogP contribution in [0, 0.1) is 0 Å². The quantitative estimate of drug-likeness (QED) is 0.725. The molecule has 0 saturated carbocycles. The van der Waals surface area contributed by atoms with Crippen molar-refractivity contribution in [1.82, 2.24) is 5.32 Å². The molecule has 3 nitrogen and oxygen atoms in total. The zero-order valence-electron chi connectivity index (χ0n) is 13.6. The second-order valence-electron chi connectivity index (χ2n) is 6.57. The number of rotatable bonds is 2. The van der Waals surface area contributed by atoms with Crippen molar-refractivity contribution in [1.29, 1.82) is 0 Å². The summed E-state index contributed by atoms with van der Waals surface area (Å²) in [6.45, 7) is 5.14. The Morgan fingerprint density at radius 1 is 1.17 bits per heavy atom. The molecular weight excluding hydrogens is 342 g/mol. The summed E-state index contributed by atoms with van der Waals surface area (Å²) in [7, 11) is -1.27. The van der Waals surface area contributed by atoms with Gasteiger partial charge in [0, 0.05) is 39.2 Å². The van der Waals surface area contributed by atoms with Gasteiger partial charge in [0.25, 0.3) is 0 Å². The van der Waals surface area contributed by atoms with Crippen LogP contribution in [0.25, 0.3) is 11.0 Å². The lowest BCUT2D eigenvalue weighted by molar-refractivity contribution is 0.358. The van der Waals surface area contributed by atoms with Gasteiger partial charge in [0.15, 0.2) is 5.58 Å². The number of nitrogens with one attached hydrogen (secondary N) is 1. The summed E-state index contributed by atoms with van der Waals surface area (Å²) in [5.41, 5.74) is 1.61. The Hall–Kier alpha value is -1.62. The van der Waals surface area contributed by atoms with Crippen molar-refractivity contribution in [3.05, 3.63) is 58.8 Å². The van der Waals surface area contributed by atoms with Gasteiger partial charge >= 0.3 is 0 Å². The Kier molecular flexibility index (Phi) is 3.79. The smallest absolute Gasteiger partial charge is 0.153 e. The largest absolute Gasteiger partial charge is 0.459 e. The highest BCUT2D eigenvalue weighted by molar-refractivity contribution is 7.85. The van der Waals surface area contributed by atoms with E-state index in [4.69, 9.17) is 16.0 Å². The Morgan fingerprint density at radius 2 is 1.92 bits per heavy atom. The lowest BCUT2D eigenvalue weighted by Crippen LogP contribution is -2.41. The van der Waals surface area contributed by atoms with Crippen LogP contribution in [0.15, 0.2) is 56.7 Å². The zero-order valence-corrected chi connectivity index (χ0v) is 15.1. The van der Waals surface area contributed by atoms with Crippen molar-refractivity contribution in [2.24, 2.45) is 0 Å². The summed E-state index contributed by atoms with van der Waals surface area (Å²) >= 11 is 6.46. The highest BCUT2D eigenvalue weighted by atomic mass is 35.5. The van der Waals surface area contributed by atoms with E-state index in [9.17, 15) is 4.21 Å². The first-order valence-corrected chi connectivity index (χ1v) is 9.47. The second-order valence-corrected chi connectivity index (χ2v) is 8.45. The maximum Gasteiger partial charge on any atom is 0.153 e. The van der Waals surface area contributed by atoms with E-state index >= 15 is 0 Å². The van der Waals surface area contributed by atoms with Crippen LogP contribution in [-0.4, -0.2) is 10.8 Å². The van der Waals surface area contributed by atoms with Crippen LogP contribution in [0.3, 0.4) is 0 Å². The maximum absolute atomic E-state index is 12.9. The summed E-state index contributed by atoms with van der Waals surface area (Å²) in [5.74, 6) is 0.971. The minimum absolute atomic E-state index is 0.199. The molecular formula is C19H18ClNO2S. The topological polar surface area (TPSA) is 42.2 Å². The monoisotopic (exact) mass is 359 g/mol. The Bertz CT molecular complexity index is 947. The SMILES string of the molecule is CC1(C)NCCc2oc3c(Cl)cc(S(=O)c4ccccc4)cc3c21. The van der Waals surface area contributed by atoms with E-state index in [-0.39, 0.29) is 5.54 Å². The number of hydrogen-bond acceptors (Lipinski definition) is 3. The first-order chi connectivity index (χ1) is 11.5. The first kappa shape index (κ1) is 15.9. The minimum atomic E-state index is -1.27. The molecule has 2 aromatic carbocycles. The molecule has 0 bridgehead atoms. The van der Waals surface area contributed by atoms with Gasteiger partial charge in [0.2, 0.25) is 0 Å². The summed E-state index contributed by atoms with van der Waals surface area (Å²) in [6.07, 6.45) is 0.834. The Balaban J connectivity index is 1.93. The van der Waals surface area contributed by atoms with E-state index in [0.29, 0.717) is 15.5 Å². The third kappa shape index (κ3) is 2.50. The van der Waals surface area contributed by atoms with E-state index < -0.39 is 10.8 Å². The van der Waals surface area contributed by atoms with Crippen LogP contribution in [0.5, 0.6) is 0 Å². The van der Waals surface area contributed by atoms with Gasteiger partial charge < -0.3 is 9.73 Å². The summed E-state index contributed by atoms with van der Waals surface area (Å²) in [6, 6.07) is 13.1. The average molecular weight is 360 g/mol. The number of benzene rings is 2. The van der Waals surface area contributed by atoms with Gasteiger partial charge in [-0.3, -0.25) is 0 Å². The van der Waals surface area contributed by atoms with Gasteiger partial charge in [-0.1, -0.05) is 29.8 Å². The van der Waals surface area contributed by atoms with E-state index in [1.54, 1.807) is 6.07 Å². The van der Waals surface area contributed by atoms with Gasteiger partial charge in [-0.05, 0) is 38.1 Å². The molecule has 24 heavy (non-hydrogen) atoms. The number of fused-ring (bicyclic) bond motifs is 3. The van der Waals surface area contributed by atoms with Crippen LogP contribution in [0.2, 0.25) is 5.02 Å². The van der Waals surface area contributed by atoms with Gasteiger partial charge in [-0.25, -0.2) is 4.21 Å². The van der Waals surface area contributed by atoms with Crippen LogP contribution >= 0.6 is 11.6 Å². The maximum atomic E-state index is 12.9. The van der Waals surface area contributed by atoms with Crippen LogP contribution in [0.4, 0.5) is 0 Å². The fraction of sp³-hybridized carbons (Fsp3) is 0.263. The van der Waals surface area contributed by atoms with Gasteiger partial charge in [0.05, 0.1) is 15.8 Å². The van der Waals surface area contributed by atoms with Crippen LogP contribution in [-0.2, 0) is 22.8 Å². The average Bonchev–Trinajstić information content (AvgIpc) is 2.95. The van der Waals surface area contributed by atoms with E-state index in [0.717, 1.165) is 34.6 Å². The molecule has 1 atom stereocenters. The van der Waals surface area contributed by atoms with E-state index in [1.165, 1.54) is 0 Å². The fourth-order valence-corrected chi connectivity index (χ4v) is 4.86. The molecule has 0 spiro atoms. The molecule has 1 N–H and O–H groups in total. The summed E-state index contributed by atoms with van der Waals surface area (Å²) in [5, 5.41) is 4.98. The minimum Gasteiger partial charge on any atom is -0.459 e. The molecule has 4 rings (SSSR count). The molecule has 1 aromatic heterocycles. The predicted molar refractivity (Wildman–Crippen MR) is 97.1 cm³/mol. The Labute approximate surface area is 148 Å². The van der Waals surface area contributed by atoms with Crippen molar-refractivity contribution in [3.63, 3.8) is 0 Å². The van der Waals surface area contributed by atoms with Gasteiger partial charge in [-0.2, -0.15) is 0 Å². The van der Waals surface area contributed by atoms with Gasteiger partial charge in [-0.15, -0.1) is 0 Å². The highest BCUT2D eigenvalue weighted by Crippen LogP contribution is 2.40. The molecule has 1 unspecified atom stereocenters. The van der Waals surface area contributed by atoms with Gasteiger partial charge in [0.1, 0.15) is 5.76 Å². The fourth-order valence-electron chi connectivity index (χ4n) is 3.41. The molecule has 0 aliphatic carbocycles. The second kappa shape index (κ2) is 5.73. The Morgan fingerprint density at radius 3 is 2.67 bits per heavy atom. The van der Waals surface area contributed by atoms with Crippen molar-refractivity contribution in [2.75, 3.05) is 6.54 Å². The van der Waals surface area contributed by atoms with Crippen molar-refractivity contribution >= 4 is 33.4 Å². The van der Waals surface area contributed by atoms with E-state index in [1.807, 2.05) is 36.4 Å². The molecule has 5 heteroatoms. The number of hydrogen-bond donors (Lipinski definition) is 1. The zero-order chi connectivity index (χ0) is 16.9. The van der Waals surface area contributed by atoms with Crippen molar-refractivity contribution in [2.45, 2.75) is 35.6 Å². The molecule has 1 aliphatic heterocycles. The molecule has 0 fully saturated rings. The first-order valence-electron chi connectivity index (χ1n) is 7.94. The lowest BCUT2D eigenvalue weighted by Gasteiger charge is -2.31. The van der Waals surface area contributed by atoms with E-state index in [2.05, 4.69) is 19.2 Å². The molecule has 0 amide bonds.